The van der Waals surface area contributed by atoms with Crippen molar-refractivity contribution < 1.29 is 34.0 Å². The van der Waals surface area contributed by atoms with Crippen LogP contribution < -0.4 is 14.2 Å². The molecule has 0 aliphatic heterocycles. The molecule has 8 nitrogen and oxygen atoms in total. The predicted molar refractivity (Wildman–Crippen MR) is 164 cm³/mol. The van der Waals surface area contributed by atoms with E-state index < -0.39 is 11.9 Å². The number of aryl methyl sites for hydroxylation is 1. The fraction of sp³-hybridized carbons (Fsp3) is 0.273. The number of benzene rings is 3. The lowest BCUT2D eigenvalue weighted by molar-refractivity contribution is -0.137. The number of methoxy groups -OCH3 is 1. The van der Waals surface area contributed by atoms with Crippen LogP contribution in [0, 0.1) is 0 Å². The number of aromatic nitrogens is 1. The molecule has 0 bridgehead atoms. The van der Waals surface area contributed by atoms with Crippen molar-refractivity contribution in [2.75, 3.05) is 20.3 Å². The van der Waals surface area contributed by atoms with Crippen LogP contribution in [0.2, 0.25) is 5.02 Å². The summed E-state index contributed by atoms with van der Waals surface area (Å²) < 4.78 is 18.7. The molecule has 0 spiro atoms. The van der Waals surface area contributed by atoms with Gasteiger partial charge in [0.2, 0.25) is 0 Å². The van der Waals surface area contributed by atoms with E-state index in [0.29, 0.717) is 48.3 Å². The first-order valence-electron chi connectivity index (χ1n) is 13.8. The molecule has 0 radical (unpaired) electrons. The van der Waals surface area contributed by atoms with Crippen molar-refractivity contribution in [1.82, 2.24) is 4.57 Å². The normalized spacial score (nSPS) is 11.2. The summed E-state index contributed by atoms with van der Waals surface area (Å²) in [6, 6.07) is 18.9. The Bertz CT molecular complexity index is 1540. The Balaban J connectivity index is 1.32. The first-order valence-corrected chi connectivity index (χ1v) is 14.1. The van der Waals surface area contributed by atoms with Crippen molar-refractivity contribution in [3.05, 3.63) is 88.6 Å². The molecular formula is C33H34ClNO7. The van der Waals surface area contributed by atoms with E-state index >= 15 is 0 Å². The molecule has 0 saturated heterocycles. The van der Waals surface area contributed by atoms with Gasteiger partial charge in [-0.2, -0.15) is 0 Å². The van der Waals surface area contributed by atoms with E-state index in [1.54, 1.807) is 19.2 Å². The largest absolute Gasteiger partial charge is 0.497 e. The minimum Gasteiger partial charge on any atom is -0.497 e. The monoisotopic (exact) mass is 591 g/mol. The first kappa shape index (κ1) is 30.5. The van der Waals surface area contributed by atoms with Crippen LogP contribution in [0.25, 0.3) is 23.1 Å². The fourth-order valence-corrected chi connectivity index (χ4v) is 4.88. The Kier molecular flexibility index (Phi) is 10.9. The Hall–Kier alpha value is -4.43. The van der Waals surface area contributed by atoms with Gasteiger partial charge in [-0.25, -0.2) is 0 Å². The summed E-state index contributed by atoms with van der Waals surface area (Å²) in [5.41, 5.74) is 3.47. The summed E-state index contributed by atoms with van der Waals surface area (Å²) in [5, 5.41) is 19.8. The average Bonchev–Trinajstić information content (AvgIpc) is 3.31. The number of hydrogen-bond acceptors (Lipinski definition) is 5. The minimum atomic E-state index is -0.914. The number of carbonyl (C=O) groups is 2. The summed E-state index contributed by atoms with van der Waals surface area (Å²) in [6.45, 7) is 1.60. The van der Waals surface area contributed by atoms with E-state index in [0.717, 1.165) is 40.6 Å². The number of aliphatic carboxylic acids is 2. The van der Waals surface area contributed by atoms with E-state index in [4.69, 9.17) is 30.9 Å². The van der Waals surface area contributed by atoms with Gasteiger partial charge >= 0.3 is 11.9 Å². The molecule has 4 aromatic rings. The summed E-state index contributed by atoms with van der Waals surface area (Å²) >= 11 is 6.20. The van der Waals surface area contributed by atoms with Crippen molar-refractivity contribution in [3.8, 4) is 17.2 Å². The van der Waals surface area contributed by atoms with Gasteiger partial charge in [0.25, 0.3) is 0 Å². The van der Waals surface area contributed by atoms with Crippen LogP contribution >= 0.6 is 11.6 Å². The molecule has 42 heavy (non-hydrogen) atoms. The molecule has 0 aliphatic carbocycles. The van der Waals surface area contributed by atoms with E-state index in [2.05, 4.69) is 0 Å². The number of carboxylic acids is 2. The van der Waals surface area contributed by atoms with Crippen molar-refractivity contribution in [3.63, 3.8) is 0 Å². The van der Waals surface area contributed by atoms with Gasteiger partial charge in [-0.15, -0.1) is 0 Å². The number of unbranched alkanes of at least 4 members (excludes halogenated alkanes) is 1. The number of rotatable bonds is 16. The predicted octanol–water partition coefficient (Wildman–Crippen LogP) is 7.20. The van der Waals surface area contributed by atoms with Gasteiger partial charge in [-0.05, 0) is 66.3 Å². The zero-order valence-corrected chi connectivity index (χ0v) is 24.2. The van der Waals surface area contributed by atoms with Gasteiger partial charge in [0.05, 0.1) is 31.8 Å². The molecule has 0 unspecified atom stereocenters. The number of fused-ring (bicyclic) bond motifs is 1. The third kappa shape index (κ3) is 8.54. The average molecular weight is 592 g/mol. The lowest BCUT2D eigenvalue weighted by atomic mass is 10.0. The molecule has 220 valence electrons. The fourth-order valence-electron chi connectivity index (χ4n) is 4.65. The zero-order chi connectivity index (χ0) is 29.9. The standard InChI is InChI=1S/C33H34ClNO7/c1-40-27-15-16-30(28(34)21-27)42-19-3-2-18-41-26-13-10-23(11-14-26)9-12-24-6-4-7-29-33(24)25(20-32(38)39)22-35(29)17-5-8-31(36)37/h4,6-7,9-16,21-22H,2-3,5,8,17-20H2,1H3,(H,36,37)(H,38,39)/b12-9+. The molecule has 3 aromatic carbocycles. The van der Waals surface area contributed by atoms with Gasteiger partial charge in [0, 0.05) is 36.1 Å². The smallest absolute Gasteiger partial charge is 0.307 e. The van der Waals surface area contributed by atoms with Crippen molar-refractivity contribution in [2.24, 2.45) is 0 Å². The lowest BCUT2D eigenvalue weighted by Crippen LogP contribution is -2.03. The van der Waals surface area contributed by atoms with Crippen molar-refractivity contribution >= 4 is 46.6 Å². The van der Waals surface area contributed by atoms with Gasteiger partial charge in [0.15, 0.2) is 0 Å². The molecule has 2 N–H and O–H groups in total. The Morgan fingerprint density at radius 3 is 2.31 bits per heavy atom. The number of halogens is 1. The topological polar surface area (TPSA) is 107 Å². The summed E-state index contributed by atoms with van der Waals surface area (Å²) in [6.07, 6.45) is 7.83. The molecule has 0 aliphatic rings. The molecule has 0 atom stereocenters. The summed E-state index contributed by atoms with van der Waals surface area (Å²) in [4.78, 5) is 22.5. The summed E-state index contributed by atoms with van der Waals surface area (Å²) in [5.74, 6) is 0.327. The maximum Gasteiger partial charge on any atom is 0.307 e. The highest BCUT2D eigenvalue weighted by molar-refractivity contribution is 6.32. The third-order valence-corrected chi connectivity index (χ3v) is 6.98. The summed E-state index contributed by atoms with van der Waals surface area (Å²) in [7, 11) is 1.59. The second-order valence-electron chi connectivity index (χ2n) is 9.76. The quantitative estimate of drug-likeness (QED) is 0.105. The van der Waals surface area contributed by atoms with E-state index in [9.17, 15) is 14.7 Å². The highest BCUT2D eigenvalue weighted by atomic mass is 35.5. The van der Waals surface area contributed by atoms with Gasteiger partial charge in [-0.3, -0.25) is 9.59 Å². The van der Waals surface area contributed by atoms with Gasteiger partial charge in [-0.1, -0.05) is 48.0 Å². The molecule has 0 fully saturated rings. The SMILES string of the molecule is COc1ccc(OCCCCOc2ccc(/C=C/c3cccc4c3c(CC(=O)O)cn4CCCC(=O)O)cc2)c(Cl)c1. The van der Waals surface area contributed by atoms with Crippen LogP contribution in [0.4, 0.5) is 0 Å². The molecular weight excluding hydrogens is 558 g/mol. The van der Waals surface area contributed by atoms with Crippen LogP contribution in [-0.2, 0) is 22.6 Å². The second-order valence-corrected chi connectivity index (χ2v) is 10.2. The van der Waals surface area contributed by atoms with E-state index in [1.165, 1.54) is 0 Å². The van der Waals surface area contributed by atoms with Crippen LogP contribution in [-0.4, -0.2) is 47.0 Å². The van der Waals surface area contributed by atoms with Gasteiger partial charge in [0.1, 0.15) is 17.2 Å². The second kappa shape index (κ2) is 15.0. The van der Waals surface area contributed by atoms with Crippen LogP contribution in [0.5, 0.6) is 17.2 Å². The molecule has 4 rings (SSSR count). The molecule has 1 aromatic heterocycles. The number of carboxylic acid groups (broad SMARTS) is 2. The van der Waals surface area contributed by atoms with E-state index in [1.807, 2.05) is 71.4 Å². The molecule has 1 heterocycles. The number of nitrogens with zero attached hydrogens (tertiary/aromatic N) is 1. The van der Waals surface area contributed by atoms with Crippen LogP contribution in [0.3, 0.4) is 0 Å². The molecule has 9 heteroatoms. The Morgan fingerprint density at radius 1 is 0.881 bits per heavy atom. The Labute approximate surface area is 249 Å². The maximum atomic E-state index is 11.5. The van der Waals surface area contributed by atoms with Crippen molar-refractivity contribution in [1.29, 1.82) is 0 Å². The Morgan fingerprint density at radius 2 is 1.62 bits per heavy atom. The van der Waals surface area contributed by atoms with Crippen molar-refractivity contribution in [2.45, 2.75) is 38.6 Å². The zero-order valence-electron chi connectivity index (χ0n) is 23.4. The van der Waals surface area contributed by atoms with Gasteiger partial charge < -0.3 is 29.0 Å². The number of hydrogen-bond donors (Lipinski definition) is 2. The van der Waals surface area contributed by atoms with E-state index in [-0.39, 0.29) is 12.8 Å². The first-order chi connectivity index (χ1) is 20.3. The highest BCUT2D eigenvalue weighted by Crippen LogP contribution is 2.30. The molecule has 0 saturated carbocycles. The van der Waals surface area contributed by atoms with Crippen LogP contribution in [0.15, 0.2) is 66.9 Å². The maximum absolute atomic E-state index is 11.5. The number of ether oxygens (including phenoxy) is 3. The third-order valence-electron chi connectivity index (χ3n) is 6.69. The van der Waals surface area contributed by atoms with Crippen LogP contribution in [0.1, 0.15) is 42.4 Å². The highest BCUT2D eigenvalue weighted by Gasteiger charge is 2.14. The lowest BCUT2D eigenvalue weighted by Gasteiger charge is -2.10. The molecule has 0 amide bonds. The minimum absolute atomic E-state index is 0.0571.